The highest BCUT2D eigenvalue weighted by Crippen LogP contribution is 2.28. The minimum Gasteiger partial charge on any atom is -0.341 e. The van der Waals surface area contributed by atoms with Crippen molar-refractivity contribution >= 4 is 5.91 Å². The topological polar surface area (TPSA) is 36.4 Å². The maximum Gasteiger partial charge on any atom is 0.222 e. The molecule has 4 heteroatoms. The lowest BCUT2D eigenvalue weighted by atomic mass is 9.90. The number of likely N-dealkylation sites (tertiary alicyclic amines) is 2. The third-order valence-corrected chi connectivity index (χ3v) is 4.88. The van der Waals surface area contributed by atoms with Crippen LogP contribution >= 0.6 is 0 Å². The van der Waals surface area contributed by atoms with Crippen LogP contribution < -0.4 is 0 Å². The molecule has 3 rings (SSSR count). The van der Waals surface area contributed by atoms with E-state index >= 15 is 0 Å². The molecule has 0 bridgehead atoms. The van der Waals surface area contributed by atoms with Crippen molar-refractivity contribution in [3.8, 4) is 0 Å². The van der Waals surface area contributed by atoms with Crippen LogP contribution in [0.25, 0.3) is 0 Å². The van der Waals surface area contributed by atoms with Crippen LogP contribution in [-0.4, -0.2) is 53.9 Å². The maximum absolute atomic E-state index is 12.2. The van der Waals surface area contributed by atoms with Crippen LogP contribution in [0.2, 0.25) is 0 Å². The Morgan fingerprint density at radius 2 is 2.24 bits per heavy atom. The van der Waals surface area contributed by atoms with E-state index in [1.807, 2.05) is 17.2 Å². The summed E-state index contributed by atoms with van der Waals surface area (Å²) in [7, 11) is 2.18. The maximum atomic E-state index is 12.2. The van der Waals surface area contributed by atoms with E-state index in [1.54, 1.807) is 6.20 Å². The van der Waals surface area contributed by atoms with Crippen molar-refractivity contribution in [2.45, 2.75) is 31.6 Å². The fraction of sp³-hybridized carbons (Fsp3) is 0.647. The molecular weight excluding hydrogens is 262 g/mol. The van der Waals surface area contributed by atoms with Gasteiger partial charge in [0.2, 0.25) is 5.91 Å². The Bertz CT molecular complexity index is 470. The van der Waals surface area contributed by atoms with Crippen molar-refractivity contribution in [1.29, 1.82) is 0 Å². The molecule has 0 aromatic carbocycles. The second-order valence-electron chi connectivity index (χ2n) is 6.59. The van der Waals surface area contributed by atoms with Gasteiger partial charge in [0, 0.05) is 44.4 Å². The summed E-state index contributed by atoms with van der Waals surface area (Å²) in [6.07, 6.45) is 8.06. The van der Waals surface area contributed by atoms with Gasteiger partial charge in [-0.1, -0.05) is 6.07 Å². The van der Waals surface area contributed by atoms with Crippen molar-refractivity contribution in [2.24, 2.45) is 5.92 Å². The van der Waals surface area contributed by atoms with Crippen LogP contribution in [0, 0.1) is 5.92 Å². The number of carbonyl (C=O) groups is 1. The van der Waals surface area contributed by atoms with E-state index in [0.29, 0.717) is 17.7 Å². The summed E-state index contributed by atoms with van der Waals surface area (Å²) in [5.74, 6) is 1.54. The standard InChI is InChI=1S/C17H25N3O/c1-19-9-3-4-14(11-19)6-7-17(21)20-12-16(13-20)15-5-2-8-18-10-15/h2,5,8,10,14,16H,3-4,6-7,9,11-13H2,1H3. The van der Waals surface area contributed by atoms with Gasteiger partial charge in [-0.15, -0.1) is 0 Å². The van der Waals surface area contributed by atoms with Crippen LogP contribution in [-0.2, 0) is 4.79 Å². The lowest BCUT2D eigenvalue weighted by molar-refractivity contribution is -0.136. The molecule has 4 nitrogen and oxygen atoms in total. The Morgan fingerprint density at radius 3 is 2.95 bits per heavy atom. The molecule has 1 atom stereocenters. The van der Waals surface area contributed by atoms with Gasteiger partial charge < -0.3 is 9.80 Å². The summed E-state index contributed by atoms with van der Waals surface area (Å²) in [6.45, 7) is 4.11. The summed E-state index contributed by atoms with van der Waals surface area (Å²) in [4.78, 5) is 20.8. The van der Waals surface area contributed by atoms with Crippen molar-refractivity contribution in [3.63, 3.8) is 0 Å². The first-order valence-corrected chi connectivity index (χ1v) is 8.08. The largest absolute Gasteiger partial charge is 0.341 e. The van der Waals surface area contributed by atoms with E-state index in [9.17, 15) is 4.79 Å². The van der Waals surface area contributed by atoms with Gasteiger partial charge in [0.25, 0.3) is 0 Å². The SMILES string of the molecule is CN1CCCC(CCC(=O)N2CC(c3cccnc3)C2)C1. The first kappa shape index (κ1) is 14.5. The van der Waals surface area contributed by atoms with Crippen molar-refractivity contribution in [2.75, 3.05) is 33.2 Å². The Balaban J connectivity index is 1.39. The van der Waals surface area contributed by atoms with Gasteiger partial charge in [0.15, 0.2) is 0 Å². The van der Waals surface area contributed by atoms with Crippen LogP contribution in [0.5, 0.6) is 0 Å². The van der Waals surface area contributed by atoms with E-state index in [4.69, 9.17) is 0 Å². The smallest absolute Gasteiger partial charge is 0.222 e. The number of pyridine rings is 1. The molecule has 0 aliphatic carbocycles. The predicted molar refractivity (Wildman–Crippen MR) is 83.0 cm³/mol. The summed E-state index contributed by atoms with van der Waals surface area (Å²) >= 11 is 0. The average Bonchev–Trinajstić information content (AvgIpc) is 2.45. The molecule has 0 spiro atoms. The van der Waals surface area contributed by atoms with Crippen LogP contribution in [0.4, 0.5) is 0 Å². The predicted octanol–water partition coefficient (Wildman–Crippen LogP) is 2.13. The summed E-state index contributed by atoms with van der Waals surface area (Å²) in [6, 6.07) is 4.08. The number of carbonyl (C=O) groups excluding carboxylic acids is 1. The number of amides is 1. The normalized spacial score (nSPS) is 23.9. The minimum absolute atomic E-state index is 0.336. The number of rotatable bonds is 4. The number of aromatic nitrogens is 1. The molecule has 2 aliphatic heterocycles. The molecule has 2 fully saturated rings. The Kier molecular flexibility index (Phi) is 4.54. The molecule has 0 radical (unpaired) electrons. The summed E-state index contributed by atoms with van der Waals surface area (Å²) in [5.41, 5.74) is 1.26. The number of piperidine rings is 1. The van der Waals surface area contributed by atoms with Gasteiger partial charge in [-0.25, -0.2) is 0 Å². The molecule has 1 amide bonds. The fourth-order valence-corrected chi connectivity index (χ4v) is 3.51. The van der Waals surface area contributed by atoms with Crippen LogP contribution in [0.15, 0.2) is 24.5 Å². The van der Waals surface area contributed by atoms with Gasteiger partial charge >= 0.3 is 0 Å². The molecule has 21 heavy (non-hydrogen) atoms. The van der Waals surface area contributed by atoms with E-state index in [1.165, 1.54) is 24.9 Å². The molecule has 0 N–H and O–H groups in total. The Hall–Kier alpha value is -1.42. The molecule has 1 unspecified atom stereocenters. The van der Waals surface area contributed by atoms with E-state index in [2.05, 4.69) is 23.0 Å². The zero-order chi connectivity index (χ0) is 14.7. The third kappa shape index (κ3) is 3.62. The Labute approximate surface area is 127 Å². The van der Waals surface area contributed by atoms with Crippen LogP contribution in [0.3, 0.4) is 0 Å². The minimum atomic E-state index is 0.336. The molecule has 1 aromatic rings. The monoisotopic (exact) mass is 287 g/mol. The molecule has 2 aliphatic rings. The number of nitrogens with zero attached hydrogens (tertiary/aromatic N) is 3. The molecule has 2 saturated heterocycles. The second kappa shape index (κ2) is 6.56. The highest BCUT2D eigenvalue weighted by molar-refractivity contribution is 5.77. The summed E-state index contributed by atoms with van der Waals surface area (Å²) in [5, 5.41) is 0. The van der Waals surface area contributed by atoms with Gasteiger partial charge in [-0.3, -0.25) is 9.78 Å². The number of hydrogen-bond acceptors (Lipinski definition) is 3. The van der Waals surface area contributed by atoms with E-state index in [0.717, 1.165) is 32.5 Å². The zero-order valence-corrected chi connectivity index (χ0v) is 12.9. The molecule has 114 valence electrons. The van der Waals surface area contributed by atoms with Gasteiger partial charge in [0.05, 0.1) is 0 Å². The quantitative estimate of drug-likeness (QED) is 0.851. The molecular formula is C17H25N3O. The first-order chi connectivity index (χ1) is 10.2. The van der Waals surface area contributed by atoms with Crippen LogP contribution in [0.1, 0.15) is 37.2 Å². The van der Waals surface area contributed by atoms with Crippen molar-refractivity contribution in [1.82, 2.24) is 14.8 Å². The van der Waals surface area contributed by atoms with Gasteiger partial charge in [-0.2, -0.15) is 0 Å². The first-order valence-electron chi connectivity index (χ1n) is 8.08. The highest BCUT2D eigenvalue weighted by Gasteiger charge is 2.31. The fourth-order valence-electron chi connectivity index (χ4n) is 3.51. The van der Waals surface area contributed by atoms with E-state index < -0.39 is 0 Å². The lowest BCUT2D eigenvalue weighted by Gasteiger charge is -2.40. The number of hydrogen-bond donors (Lipinski definition) is 0. The summed E-state index contributed by atoms with van der Waals surface area (Å²) < 4.78 is 0. The lowest BCUT2D eigenvalue weighted by Crippen LogP contribution is -2.48. The third-order valence-electron chi connectivity index (χ3n) is 4.88. The van der Waals surface area contributed by atoms with Gasteiger partial charge in [0.1, 0.15) is 0 Å². The molecule has 3 heterocycles. The van der Waals surface area contributed by atoms with E-state index in [-0.39, 0.29) is 0 Å². The molecule has 1 aromatic heterocycles. The Morgan fingerprint density at radius 1 is 1.38 bits per heavy atom. The van der Waals surface area contributed by atoms with Gasteiger partial charge in [-0.05, 0) is 50.4 Å². The van der Waals surface area contributed by atoms with Crippen molar-refractivity contribution in [3.05, 3.63) is 30.1 Å². The van der Waals surface area contributed by atoms with Crippen molar-refractivity contribution < 1.29 is 4.79 Å². The molecule has 0 saturated carbocycles. The average molecular weight is 287 g/mol. The highest BCUT2D eigenvalue weighted by atomic mass is 16.2. The zero-order valence-electron chi connectivity index (χ0n) is 12.9. The second-order valence-corrected chi connectivity index (χ2v) is 6.59.